The number of hydrogen-bond acceptors (Lipinski definition) is 4. The minimum Gasteiger partial charge on any atom is -0.383 e. The summed E-state index contributed by atoms with van der Waals surface area (Å²) in [6.45, 7) is 3.46. The van der Waals surface area contributed by atoms with Crippen LogP contribution in [0.2, 0.25) is 5.02 Å². The summed E-state index contributed by atoms with van der Waals surface area (Å²) in [6, 6.07) is 15.4. The number of hydrogen-bond donors (Lipinski definition) is 0. The molecule has 3 aromatic heterocycles. The second kappa shape index (κ2) is 9.94. The number of rotatable bonds is 8. The van der Waals surface area contributed by atoms with Crippen molar-refractivity contribution in [1.29, 1.82) is 0 Å². The SMILES string of the molecule is COCCN(Cc1cccnc1)C(=O)Cc1c(-c2ccc(Cl)cc2)nc2cc(C)ccn12. The number of carbonyl (C=O) groups is 1. The number of imidazole rings is 1. The van der Waals surface area contributed by atoms with Crippen molar-refractivity contribution >= 4 is 23.2 Å². The average molecular weight is 449 g/mol. The lowest BCUT2D eigenvalue weighted by atomic mass is 10.1. The van der Waals surface area contributed by atoms with Gasteiger partial charge in [0.05, 0.1) is 24.4 Å². The van der Waals surface area contributed by atoms with Crippen molar-refractivity contribution < 1.29 is 9.53 Å². The minimum atomic E-state index is 0.00323. The molecule has 0 bridgehead atoms. The molecule has 0 fully saturated rings. The van der Waals surface area contributed by atoms with Gasteiger partial charge in [-0.1, -0.05) is 29.8 Å². The smallest absolute Gasteiger partial charge is 0.228 e. The number of pyridine rings is 2. The molecule has 0 atom stereocenters. The second-order valence-electron chi connectivity index (χ2n) is 7.69. The number of methoxy groups -OCH3 is 1. The van der Waals surface area contributed by atoms with Crippen LogP contribution in [0, 0.1) is 6.92 Å². The highest BCUT2D eigenvalue weighted by Gasteiger charge is 2.21. The summed E-state index contributed by atoms with van der Waals surface area (Å²) in [5.41, 5.74) is 5.46. The van der Waals surface area contributed by atoms with Crippen molar-refractivity contribution in [2.24, 2.45) is 0 Å². The Morgan fingerprint density at radius 3 is 2.72 bits per heavy atom. The van der Waals surface area contributed by atoms with Gasteiger partial charge in [-0.3, -0.25) is 9.78 Å². The molecule has 1 amide bonds. The first-order valence-electron chi connectivity index (χ1n) is 10.4. The van der Waals surface area contributed by atoms with Crippen LogP contribution in [0.4, 0.5) is 0 Å². The number of amides is 1. The number of benzene rings is 1. The van der Waals surface area contributed by atoms with E-state index in [9.17, 15) is 4.79 Å². The zero-order chi connectivity index (χ0) is 22.5. The number of fused-ring (bicyclic) bond motifs is 1. The molecule has 7 heteroatoms. The molecule has 0 saturated carbocycles. The van der Waals surface area contributed by atoms with E-state index in [0.29, 0.717) is 24.7 Å². The summed E-state index contributed by atoms with van der Waals surface area (Å²) in [5, 5.41) is 0.660. The lowest BCUT2D eigenvalue weighted by Crippen LogP contribution is -2.35. The van der Waals surface area contributed by atoms with Gasteiger partial charge in [-0.25, -0.2) is 4.98 Å². The molecular weight excluding hydrogens is 424 g/mol. The quantitative estimate of drug-likeness (QED) is 0.396. The predicted molar refractivity (Wildman–Crippen MR) is 126 cm³/mol. The summed E-state index contributed by atoms with van der Waals surface area (Å²) in [4.78, 5) is 24.3. The third kappa shape index (κ3) is 4.98. The highest BCUT2D eigenvalue weighted by Crippen LogP contribution is 2.27. The highest BCUT2D eigenvalue weighted by atomic mass is 35.5. The lowest BCUT2D eigenvalue weighted by Gasteiger charge is -2.22. The molecule has 1 aromatic carbocycles. The Morgan fingerprint density at radius 2 is 2.00 bits per heavy atom. The maximum Gasteiger partial charge on any atom is 0.228 e. The first kappa shape index (κ1) is 22.0. The molecule has 32 heavy (non-hydrogen) atoms. The van der Waals surface area contributed by atoms with Crippen LogP contribution in [-0.2, 0) is 22.5 Å². The monoisotopic (exact) mass is 448 g/mol. The number of aryl methyl sites for hydroxylation is 1. The Hall–Kier alpha value is -3.22. The molecule has 164 valence electrons. The van der Waals surface area contributed by atoms with Crippen molar-refractivity contribution in [2.45, 2.75) is 19.9 Å². The van der Waals surface area contributed by atoms with Gasteiger partial charge in [0.1, 0.15) is 5.65 Å². The van der Waals surface area contributed by atoms with Crippen LogP contribution in [0.15, 0.2) is 67.1 Å². The number of aromatic nitrogens is 3. The summed E-state index contributed by atoms with van der Waals surface area (Å²) >= 11 is 6.09. The van der Waals surface area contributed by atoms with E-state index in [1.807, 2.05) is 66.1 Å². The van der Waals surface area contributed by atoms with Crippen LogP contribution in [0.5, 0.6) is 0 Å². The molecule has 0 saturated heterocycles. The summed E-state index contributed by atoms with van der Waals surface area (Å²) in [5.74, 6) is 0.00323. The predicted octanol–water partition coefficient (Wildman–Crippen LogP) is 4.58. The van der Waals surface area contributed by atoms with Crippen molar-refractivity contribution in [3.63, 3.8) is 0 Å². The van der Waals surface area contributed by atoms with Crippen LogP contribution in [0.25, 0.3) is 16.9 Å². The van der Waals surface area contributed by atoms with Crippen molar-refractivity contribution in [3.05, 3.63) is 89.0 Å². The van der Waals surface area contributed by atoms with Gasteiger partial charge in [0.25, 0.3) is 0 Å². The van der Waals surface area contributed by atoms with Gasteiger partial charge in [-0.2, -0.15) is 0 Å². The molecule has 0 spiro atoms. The van der Waals surface area contributed by atoms with Gasteiger partial charge in [0.15, 0.2) is 0 Å². The fourth-order valence-electron chi connectivity index (χ4n) is 3.67. The number of ether oxygens (including phenoxy) is 1. The Balaban J connectivity index is 1.70. The minimum absolute atomic E-state index is 0.00323. The lowest BCUT2D eigenvalue weighted by molar-refractivity contribution is -0.131. The second-order valence-corrected chi connectivity index (χ2v) is 8.13. The summed E-state index contributed by atoms with van der Waals surface area (Å²) < 4.78 is 7.24. The number of carbonyl (C=O) groups excluding carboxylic acids is 1. The van der Waals surface area contributed by atoms with Crippen LogP contribution in [0.3, 0.4) is 0 Å². The molecule has 4 rings (SSSR count). The Morgan fingerprint density at radius 1 is 1.19 bits per heavy atom. The van der Waals surface area contributed by atoms with Gasteiger partial charge in [0, 0.05) is 49.4 Å². The largest absolute Gasteiger partial charge is 0.383 e. The fraction of sp³-hybridized carbons (Fsp3) is 0.240. The number of nitrogens with zero attached hydrogens (tertiary/aromatic N) is 4. The maximum absolute atomic E-state index is 13.5. The molecule has 3 heterocycles. The van der Waals surface area contributed by atoms with Crippen LogP contribution >= 0.6 is 11.6 Å². The van der Waals surface area contributed by atoms with E-state index < -0.39 is 0 Å². The zero-order valence-electron chi connectivity index (χ0n) is 18.2. The van der Waals surface area contributed by atoms with Crippen LogP contribution in [0.1, 0.15) is 16.8 Å². The van der Waals surface area contributed by atoms with Gasteiger partial charge in [-0.15, -0.1) is 0 Å². The van der Waals surface area contributed by atoms with E-state index in [4.69, 9.17) is 21.3 Å². The first-order valence-corrected chi connectivity index (χ1v) is 10.8. The third-order valence-electron chi connectivity index (χ3n) is 5.33. The van der Waals surface area contributed by atoms with Gasteiger partial charge in [-0.05, 0) is 48.4 Å². The Bertz CT molecular complexity index is 1210. The van der Waals surface area contributed by atoms with Crippen molar-refractivity contribution in [1.82, 2.24) is 19.3 Å². The van der Waals surface area contributed by atoms with Gasteiger partial charge in [0.2, 0.25) is 5.91 Å². The van der Waals surface area contributed by atoms with Crippen LogP contribution in [-0.4, -0.2) is 45.4 Å². The molecule has 0 aliphatic carbocycles. The zero-order valence-corrected chi connectivity index (χ0v) is 18.9. The van der Waals surface area contributed by atoms with Crippen LogP contribution < -0.4 is 0 Å². The number of halogens is 1. The Labute approximate surface area is 192 Å². The van der Waals surface area contributed by atoms with E-state index in [2.05, 4.69) is 4.98 Å². The van der Waals surface area contributed by atoms with E-state index in [1.54, 1.807) is 24.4 Å². The molecule has 0 unspecified atom stereocenters. The molecule has 0 aliphatic heterocycles. The third-order valence-corrected chi connectivity index (χ3v) is 5.58. The maximum atomic E-state index is 13.5. The van der Waals surface area contributed by atoms with E-state index in [1.165, 1.54) is 0 Å². The molecule has 6 nitrogen and oxygen atoms in total. The van der Waals surface area contributed by atoms with Gasteiger partial charge < -0.3 is 14.0 Å². The van der Waals surface area contributed by atoms with E-state index >= 15 is 0 Å². The van der Waals surface area contributed by atoms with E-state index in [0.717, 1.165) is 33.7 Å². The first-order chi connectivity index (χ1) is 15.5. The normalized spacial score (nSPS) is 11.1. The topological polar surface area (TPSA) is 59.7 Å². The molecule has 4 aromatic rings. The highest BCUT2D eigenvalue weighted by molar-refractivity contribution is 6.30. The van der Waals surface area contributed by atoms with Crippen molar-refractivity contribution in [3.8, 4) is 11.3 Å². The van der Waals surface area contributed by atoms with E-state index in [-0.39, 0.29) is 12.3 Å². The summed E-state index contributed by atoms with van der Waals surface area (Å²) in [6.07, 6.45) is 5.69. The molecule has 0 N–H and O–H groups in total. The summed E-state index contributed by atoms with van der Waals surface area (Å²) in [7, 11) is 1.64. The molecule has 0 radical (unpaired) electrons. The standard InChI is InChI=1S/C25H25ClN4O2/c1-18-9-11-30-22(25(28-23(30)14-18)20-5-7-21(26)8-6-20)15-24(31)29(12-13-32-2)17-19-4-3-10-27-16-19/h3-11,14,16H,12-13,15,17H2,1-2H3. The fourth-order valence-corrected chi connectivity index (χ4v) is 3.79. The molecular formula is C25H25ClN4O2. The average Bonchev–Trinajstić information content (AvgIpc) is 3.15. The van der Waals surface area contributed by atoms with Gasteiger partial charge >= 0.3 is 0 Å². The van der Waals surface area contributed by atoms with Crippen molar-refractivity contribution in [2.75, 3.05) is 20.3 Å². The molecule has 0 aliphatic rings. The Kier molecular flexibility index (Phi) is 6.83.